The minimum absolute atomic E-state index is 0.253. The van der Waals surface area contributed by atoms with Gasteiger partial charge in [-0.05, 0) is 18.2 Å². The van der Waals surface area contributed by atoms with E-state index in [-0.39, 0.29) is 4.90 Å². The van der Waals surface area contributed by atoms with Crippen LogP contribution in [0, 0.1) is 0 Å². The molecule has 0 saturated carbocycles. The topological polar surface area (TPSA) is 29.4 Å². The molecule has 14 heavy (non-hydrogen) atoms. The molecule has 1 aromatic carbocycles. The number of benzene rings is 1. The summed E-state index contributed by atoms with van der Waals surface area (Å²) < 4.78 is 39.6. The number of nitrogens with zero attached hydrogens (tertiary/aromatic N) is 1. The highest BCUT2D eigenvalue weighted by Crippen LogP contribution is 2.31. The van der Waals surface area contributed by atoms with Crippen LogP contribution in [0.15, 0.2) is 33.6 Å². The first-order valence-electron chi connectivity index (χ1n) is 3.45. The summed E-state index contributed by atoms with van der Waals surface area (Å²) in [4.78, 5) is 9.98. The minimum Gasteiger partial charge on any atom is -0.210 e. The summed E-state index contributed by atoms with van der Waals surface area (Å²) in [6.07, 6.45) is -3.14. The van der Waals surface area contributed by atoms with Gasteiger partial charge in [-0.2, -0.15) is 13.2 Å². The van der Waals surface area contributed by atoms with Crippen LogP contribution in [0.2, 0.25) is 0 Å². The SMILES string of the molecule is O=C=NSc1cccc(C(F)(F)F)c1. The molecule has 0 bridgehead atoms. The third-order valence-electron chi connectivity index (χ3n) is 1.35. The zero-order valence-electron chi connectivity index (χ0n) is 6.71. The Bertz CT molecular complexity index is 371. The Balaban J connectivity index is 2.95. The molecule has 0 aliphatic rings. The molecule has 0 aliphatic heterocycles. The molecular weight excluding hydrogens is 215 g/mol. The summed E-state index contributed by atoms with van der Waals surface area (Å²) in [7, 11) is 0. The standard InChI is InChI=1S/C8H4F3NOS/c9-8(10,11)6-2-1-3-7(4-6)14-12-5-13/h1-4H. The summed E-state index contributed by atoms with van der Waals surface area (Å²) in [5.41, 5.74) is -0.761. The maximum atomic E-state index is 12.2. The number of carbonyl (C=O) groups excluding carboxylic acids is 1. The van der Waals surface area contributed by atoms with Crippen molar-refractivity contribution in [2.75, 3.05) is 0 Å². The molecule has 74 valence electrons. The molecule has 0 saturated heterocycles. The van der Waals surface area contributed by atoms with Gasteiger partial charge >= 0.3 is 6.18 Å². The van der Waals surface area contributed by atoms with E-state index in [0.717, 1.165) is 12.1 Å². The van der Waals surface area contributed by atoms with Crippen molar-refractivity contribution in [1.29, 1.82) is 0 Å². The normalized spacial score (nSPS) is 10.8. The molecule has 0 fully saturated rings. The molecule has 0 aromatic heterocycles. The summed E-state index contributed by atoms with van der Waals surface area (Å²) >= 11 is 0.652. The Hall–Kier alpha value is -1.26. The Kier molecular flexibility index (Phi) is 3.33. The van der Waals surface area contributed by atoms with Gasteiger partial charge in [0.15, 0.2) is 0 Å². The van der Waals surface area contributed by atoms with E-state index >= 15 is 0 Å². The molecule has 0 heterocycles. The number of alkyl halides is 3. The van der Waals surface area contributed by atoms with Crippen LogP contribution in [0.3, 0.4) is 0 Å². The first kappa shape index (κ1) is 10.8. The first-order chi connectivity index (χ1) is 6.54. The highest BCUT2D eigenvalue weighted by Gasteiger charge is 2.30. The zero-order valence-corrected chi connectivity index (χ0v) is 7.52. The molecule has 0 spiro atoms. The van der Waals surface area contributed by atoms with Crippen LogP contribution >= 0.6 is 11.9 Å². The number of isocyanates is 1. The lowest BCUT2D eigenvalue weighted by atomic mass is 10.2. The van der Waals surface area contributed by atoms with Gasteiger partial charge in [-0.3, -0.25) is 0 Å². The molecule has 0 atom stereocenters. The van der Waals surface area contributed by atoms with Gasteiger partial charge in [-0.25, -0.2) is 4.79 Å². The molecular formula is C8H4F3NOS. The average Bonchev–Trinajstić information content (AvgIpc) is 2.14. The Labute approximate surface area is 82.0 Å². The molecule has 1 aromatic rings. The van der Waals surface area contributed by atoms with Crippen LogP contribution in [-0.4, -0.2) is 6.08 Å². The maximum absolute atomic E-state index is 12.2. The van der Waals surface area contributed by atoms with Crippen molar-refractivity contribution >= 4 is 18.0 Å². The second-order valence-electron chi connectivity index (χ2n) is 2.30. The zero-order chi connectivity index (χ0) is 10.6. The summed E-state index contributed by atoms with van der Waals surface area (Å²) in [6, 6.07) is 4.56. The largest absolute Gasteiger partial charge is 0.416 e. The van der Waals surface area contributed by atoms with Gasteiger partial charge in [0.05, 0.1) is 5.56 Å². The Morgan fingerprint density at radius 2 is 2.07 bits per heavy atom. The Morgan fingerprint density at radius 3 is 2.64 bits per heavy atom. The van der Waals surface area contributed by atoms with E-state index in [9.17, 15) is 18.0 Å². The number of hydrogen-bond acceptors (Lipinski definition) is 3. The van der Waals surface area contributed by atoms with E-state index < -0.39 is 11.7 Å². The van der Waals surface area contributed by atoms with E-state index in [2.05, 4.69) is 4.40 Å². The van der Waals surface area contributed by atoms with Crippen molar-refractivity contribution in [3.63, 3.8) is 0 Å². The fourth-order valence-electron chi connectivity index (χ4n) is 0.801. The van der Waals surface area contributed by atoms with Gasteiger partial charge in [-0.15, -0.1) is 4.40 Å². The minimum atomic E-state index is -4.37. The fourth-order valence-corrected chi connectivity index (χ4v) is 1.26. The molecule has 2 nitrogen and oxygen atoms in total. The van der Waals surface area contributed by atoms with Crippen LogP contribution in [0.1, 0.15) is 5.56 Å². The van der Waals surface area contributed by atoms with Gasteiger partial charge < -0.3 is 0 Å². The number of halogens is 3. The third-order valence-corrected chi connectivity index (χ3v) is 1.98. The molecule has 0 amide bonds. The molecule has 1 rings (SSSR count). The van der Waals surface area contributed by atoms with E-state index in [0.29, 0.717) is 11.9 Å². The lowest BCUT2D eigenvalue weighted by Crippen LogP contribution is -2.04. The van der Waals surface area contributed by atoms with Gasteiger partial charge in [0.2, 0.25) is 6.08 Å². The van der Waals surface area contributed by atoms with E-state index in [1.165, 1.54) is 18.2 Å². The van der Waals surface area contributed by atoms with Gasteiger partial charge in [0.25, 0.3) is 0 Å². The summed E-state index contributed by atoms with van der Waals surface area (Å²) in [5, 5.41) is 0. The van der Waals surface area contributed by atoms with Gasteiger partial charge in [0, 0.05) is 16.8 Å². The fraction of sp³-hybridized carbons (Fsp3) is 0.125. The summed E-state index contributed by atoms with van der Waals surface area (Å²) in [6.45, 7) is 0. The quantitative estimate of drug-likeness (QED) is 0.434. The molecule has 0 radical (unpaired) electrons. The molecule has 0 aliphatic carbocycles. The lowest BCUT2D eigenvalue weighted by Gasteiger charge is -2.06. The van der Waals surface area contributed by atoms with Crippen molar-refractivity contribution in [2.24, 2.45) is 4.40 Å². The second-order valence-corrected chi connectivity index (χ2v) is 3.14. The van der Waals surface area contributed by atoms with E-state index in [1.54, 1.807) is 0 Å². The molecule has 0 N–H and O–H groups in total. The second kappa shape index (κ2) is 4.30. The van der Waals surface area contributed by atoms with Crippen molar-refractivity contribution in [3.05, 3.63) is 29.8 Å². The monoisotopic (exact) mass is 219 g/mol. The lowest BCUT2D eigenvalue weighted by molar-refractivity contribution is -0.137. The van der Waals surface area contributed by atoms with E-state index in [4.69, 9.17) is 0 Å². The van der Waals surface area contributed by atoms with Crippen LogP contribution in [-0.2, 0) is 11.0 Å². The van der Waals surface area contributed by atoms with Crippen LogP contribution < -0.4 is 0 Å². The number of hydrogen-bond donors (Lipinski definition) is 0. The smallest absolute Gasteiger partial charge is 0.210 e. The Morgan fingerprint density at radius 1 is 1.36 bits per heavy atom. The first-order valence-corrected chi connectivity index (χ1v) is 4.23. The van der Waals surface area contributed by atoms with E-state index in [1.807, 2.05) is 0 Å². The molecule has 0 unspecified atom stereocenters. The highest BCUT2D eigenvalue weighted by atomic mass is 32.2. The highest BCUT2D eigenvalue weighted by molar-refractivity contribution is 7.98. The van der Waals surface area contributed by atoms with Gasteiger partial charge in [-0.1, -0.05) is 6.07 Å². The summed E-state index contributed by atoms with van der Waals surface area (Å²) in [5.74, 6) is 0. The van der Waals surface area contributed by atoms with Crippen LogP contribution in [0.4, 0.5) is 13.2 Å². The predicted molar refractivity (Wildman–Crippen MR) is 45.4 cm³/mol. The van der Waals surface area contributed by atoms with Gasteiger partial charge in [0.1, 0.15) is 0 Å². The molecule has 6 heteroatoms. The van der Waals surface area contributed by atoms with Crippen molar-refractivity contribution in [1.82, 2.24) is 0 Å². The van der Waals surface area contributed by atoms with Crippen molar-refractivity contribution < 1.29 is 18.0 Å². The third kappa shape index (κ3) is 2.90. The van der Waals surface area contributed by atoms with Crippen molar-refractivity contribution in [3.8, 4) is 0 Å². The van der Waals surface area contributed by atoms with Crippen LogP contribution in [0.25, 0.3) is 0 Å². The average molecular weight is 219 g/mol. The van der Waals surface area contributed by atoms with Crippen LogP contribution in [0.5, 0.6) is 0 Å². The van der Waals surface area contributed by atoms with Crippen molar-refractivity contribution in [2.45, 2.75) is 11.1 Å². The predicted octanol–water partition coefficient (Wildman–Crippen LogP) is 3.05. The number of rotatable bonds is 2. The maximum Gasteiger partial charge on any atom is 0.416 e.